The van der Waals surface area contributed by atoms with Gasteiger partial charge >= 0.3 is 0 Å². The third-order valence-electron chi connectivity index (χ3n) is 2.81. The first-order valence-corrected chi connectivity index (χ1v) is 5.30. The number of likely N-dealkylation sites (N-methyl/N-ethyl adjacent to an activating group) is 1. The molecule has 2 heterocycles. The van der Waals surface area contributed by atoms with Crippen LogP contribution < -0.4 is 5.32 Å². The van der Waals surface area contributed by atoms with E-state index < -0.39 is 0 Å². The van der Waals surface area contributed by atoms with Crippen LogP contribution in [0, 0.1) is 0 Å². The van der Waals surface area contributed by atoms with Gasteiger partial charge in [0.05, 0.1) is 6.04 Å². The van der Waals surface area contributed by atoms with E-state index in [2.05, 4.69) is 17.3 Å². The van der Waals surface area contributed by atoms with E-state index in [1.807, 2.05) is 12.1 Å². The van der Waals surface area contributed by atoms with E-state index in [0.29, 0.717) is 12.6 Å². The monoisotopic (exact) mass is 210 g/mol. The Morgan fingerprint density at radius 2 is 2.47 bits per heavy atom. The van der Waals surface area contributed by atoms with Crippen LogP contribution in [-0.4, -0.2) is 38.7 Å². The minimum atomic E-state index is 0.351. The number of methoxy groups -OCH3 is 1. The summed E-state index contributed by atoms with van der Waals surface area (Å²) in [5, 5.41) is 3.37. The summed E-state index contributed by atoms with van der Waals surface area (Å²) in [7, 11) is 3.81. The lowest BCUT2D eigenvalue weighted by molar-refractivity contribution is 0.147. The van der Waals surface area contributed by atoms with E-state index in [1.54, 1.807) is 7.11 Å². The van der Waals surface area contributed by atoms with Crippen LogP contribution in [0.3, 0.4) is 0 Å². The first-order valence-electron chi connectivity index (χ1n) is 5.30. The Hall–Kier alpha value is -0.840. The minimum Gasteiger partial charge on any atom is -0.462 e. The van der Waals surface area contributed by atoms with Crippen LogP contribution in [0.2, 0.25) is 0 Å². The summed E-state index contributed by atoms with van der Waals surface area (Å²) in [5.41, 5.74) is 0. The van der Waals surface area contributed by atoms with E-state index in [9.17, 15) is 0 Å². The molecule has 0 amide bonds. The second-order valence-corrected chi connectivity index (χ2v) is 3.94. The van der Waals surface area contributed by atoms with Gasteiger partial charge in [-0.2, -0.15) is 0 Å². The third-order valence-corrected chi connectivity index (χ3v) is 2.81. The number of hydrogen-bond donors (Lipinski definition) is 1. The predicted molar refractivity (Wildman–Crippen MR) is 57.7 cm³/mol. The van der Waals surface area contributed by atoms with Crippen molar-refractivity contribution in [3.8, 4) is 0 Å². The van der Waals surface area contributed by atoms with E-state index >= 15 is 0 Å². The summed E-state index contributed by atoms with van der Waals surface area (Å²) in [6.45, 7) is 3.61. The lowest BCUT2D eigenvalue weighted by Gasteiger charge is -2.31. The lowest BCUT2D eigenvalue weighted by Crippen LogP contribution is -2.43. The van der Waals surface area contributed by atoms with Crippen LogP contribution in [0.4, 0.5) is 0 Å². The van der Waals surface area contributed by atoms with Gasteiger partial charge in [0, 0.05) is 26.7 Å². The Labute approximate surface area is 90.2 Å². The van der Waals surface area contributed by atoms with Crippen molar-refractivity contribution in [2.45, 2.75) is 12.6 Å². The minimum absolute atomic E-state index is 0.351. The van der Waals surface area contributed by atoms with Crippen LogP contribution in [0.1, 0.15) is 17.6 Å². The van der Waals surface area contributed by atoms with Gasteiger partial charge in [-0.05, 0) is 19.2 Å². The van der Waals surface area contributed by atoms with Gasteiger partial charge in [-0.1, -0.05) is 0 Å². The maximum absolute atomic E-state index is 5.73. The fourth-order valence-electron chi connectivity index (χ4n) is 1.92. The van der Waals surface area contributed by atoms with Gasteiger partial charge in [0.25, 0.3) is 0 Å². The molecule has 1 atom stereocenters. The maximum atomic E-state index is 5.73. The normalized spacial score (nSPS) is 23.2. The molecule has 1 fully saturated rings. The molecule has 1 N–H and O–H groups in total. The van der Waals surface area contributed by atoms with E-state index in [0.717, 1.165) is 31.2 Å². The van der Waals surface area contributed by atoms with Gasteiger partial charge in [-0.25, -0.2) is 0 Å². The zero-order chi connectivity index (χ0) is 10.7. The average Bonchev–Trinajstić information content (AvgIpc) is 2.68. The van der Waals surface area contributed by atoms with E-state index in [4.69, 9.17) is 9.15 Å². The summed E-state index contributed by atoms with van der Waals surface area (Å²) in [4.78, 5) is 2.31. The molecule has 0 aromatic carbocycles. The van der Waals surface area contributed by atoms with Crippen molar-refractivity contribution in [1.82, 2.24) is 10.2 Å². The van der Waals surface area contributed by atoms with Gasteiger partial charge in [0.15, 0.2) is 0 Å². The molecule has 1 unspecified atom stereocenters. The lowest BCUT2D eigenvalue weighted by atomic mass is 10.1. The number of piperazine rings is 1. The van der Waals surface area contributed by atoms with Crippen molar-refractivity contribution < 1.29 is 9.15 Å². The highest BCUT2D eigenvalue weighted by Gasteiger charge is 2.23. The molecule has 0 saturated carbocycles. The van der Waals surface area contributed by atoms with Gasteiger partial charge in [-0.3, -0.25) is 4.90 Å². The van der Waals surface area contributed by atoms with Crippen LogP contribution >= 0.6 is 0 Å². The summed E-state index contributed by atoms with van der Waals surface area (Å²) in [6.07, 6.45) is 0. The van der Waals surface area contributed by atoms with E-state index in [1.165, 1.54) is 0 Å². The van der Waals surface area contributed by atoms with Crippen molar-refractivity contribution in [1.29, 1.82) is 0 Å². The van der Waals surface area contributed by atoms with Crippen molar-refractivity contribution in [2.75, 3.05) is 33.8 Å². The third kappa shape index (κ3) is 2.40. The molecule has 4 nitrogen and oxygen atoms in total. The topological polar surface area (TPSA) is 37.6 Å². The number of rotatable bonds is 3. The van der Waals surface area contributed by atoms with E-state index in [-0.39, 0.29) is 0 Å². The highest BCUT2D eigenvalue weighted by atomic mass is 16.5. The predicted octanol–water partition coefficient (Wildman–Crippen LogP) is 1.00. The van der Waals surface area contributed by atoms with Gasteiger partial charge < -0.3 is 14.5 Å². The van der Waals surface area contributed by atoms with Gasteiger partial charge in [0.2, 0.25) is 0 Å². The molecular formula is C11H18N2O2. The molecule has 1 aromatic rings. The molecule has 0 spiro atoms. The van der Waals surface area contributed by atoms with Crippen LogP contribution in [0.5, 0.6) is 0 Å². The molecule has 0 aliphatic carbocycles. The number of hydrogen-bond acceptors (Lipinski definition) is 4. The fourth-order valence-corrected chi connectivity index (χ4v) is 1.92. The molecule has 1 aliphatic heterocycles. The zero-order valence-electron chi connectivity index (χ0n) is 9.32. The Bertz CT molecular complexity index is 311. The molecular weight excluding hydrogens is 192 g/mol. The zero-order valence-corrected chi connectivity index (χ0v) is 9.32. The number of nitrogens with zero attached hydrogens (tertiary/aromatic N) is 1. The van der Waals surface area contributed by atoms with Crippen molar-refractivity contribution >= 4 is 0 Å². The molecule has 15 heavy (non-hydrogen) atoms. The average molecular weight is 210 g/mol. The Kier molecular flexibility index (Phi) is 3.41. The van der Waals surface area contributed by atoms with Gasteiger partial charge in [-0.15, -0.1) is 0 Å². The highest BCUT2D eigenvalue weighted by Crippen LogP contribution is 2.22. The molecule has 84 valence electrons. The van der Waals surface area contributed by atoms with Crippen LogP contribution in [-0.2, 0) is 11.3 Å². The molecule has 2 rings (SSSR count). The Morgan fingerprint density at radius 1 is 1.60 bits per heavy atom. The summed E-state index contributed by atoms with van der Waals surface area (Å²) < 4.78 is 10.8. The number of furan rings is 1. The SMILES string of the molecule is COCc1ccc(C2CNCCN2C)o1. The van der Waals surface area contributed by atoms with Crippen molar-refractivity contribution in [3.63, 3.8) is 0 Å². The smallest absolute Gasteiger partial charge is 0.129 e. The number of ether oxygens (including phenoxy) is 1. The summed E-state index contributed by atoms with van der Waals surface area (Å²) >= 11 is 0. The molecule has 0 radical (unpaired) electrons. The maximum Gasteiger partial charge on any atom is 0.129 e. The summed E-state index contributed by atoms with van der Waals surface area (Å²) in [6, 6.07) is 4.38. The standard InChI is InChI=1S/C11H18N2O2/c1-13-6-5-12-7-10(13)11-4-3-9(15-11)8-14-2/h3-4,10,12H,5-8H2,1-2H3. The van der Waals surface area contributed by atoms with Gasteiger partial charge in [0.1, 0.15) is 18.1 Å². The van der Waals surface area contributed by atoms with Crippen molar-refractivity contribution in [3.05, 3.63) is 23.7 Å². The van der Waals surface area contributed by atoms with Crippen LogP contribution in [0.25, 0.3) is 0 Å². The fraction of sp³-hybridized carbons (Fsp3) is 0.636. The largest absolute Gasteiger partial charge is 0.462 e. The van der Waals surface area contributed by atoms with Crippen LogP contribution in [0.15, 0.2) is 16.5 Å². The molecule has 4 heteroatoms. The molecule has 1 saturated heterocycles. The van der Waals surface area contributed by atoms with Crippen molar-refractivity contribution in [2.24, 2.45) is 0 Å². The first kappa shape index (κ1) is 10.7. The second-order valence-electron chi connectivity index (χ2n) is 3.94. The Balaban J connectivity index is 2.06. The Morgan fingerprint density at radius 3 is 3.20 bits per heavy atom. The second kappa shape index (κ2) is 4.79. The molecule has 1 aromatic heterocycles. The quantitative estimate of drug-likeness (QED) is 0.807. The number of nitrogens with one attached hydrogen (secondary N) is 1. The summed E-state index contributed by atoms with van der Waals surface area (Å²) in [5.74, 6) is 1.92. The highest BCUT2D eigenvalue weighted by molar-refractivity contribution is 5.11. The molecule has 0 bridgehead atoms. The first-order chi connectivity index (χ1) is 7.31. The molecule has 1 aliphatic rings.